The lowest BCUT2D eigenvalue weighted by Crippen LogP contribution is -2.59. The van der Waals surface area contributed by atoms with Gasteiger partial charge in [0.1, 0.15) is 5.57 Å². The number of hydrogen-bond donors (Lipinski definition) is 0. The van der Waals surface area contributed by atoms with Gasteiger partial charge in [-0.15, -0.1) is 0 Å². The Morgan fingerprint density at radius 1 is 0.920 bits per heavy atom. The Balaban J connectivity index is 2.30. The quantitative estimate of drug-likeness (QED) is 0.371. The molecular weight excluding hydrogens is 316 g/mol. The molecule has 2 fully saturated rings. The van der Waals surface area contributed by atoms with Gasteiger partial charge in [-0.25, -0.2) is 4.79 Å². The number of rotatable bonds is 8. The van der Waals surface area contributed by atoms with E-state index in [4.69, 9.17) is 0 Å². The predicted molar refractivity (Wildman–Crippen MR) is 98.0 cm³/mol. The van der Waals surface area contributed by atoms with Crippen molar-refractivity contribution in [3.63, 3.8) is 0 Å². The van der Waals surface area contributed by atoms with Gasteiger partial charge in [-0.1, -0.05) is 45.1 Å². The maximum absolute atomic E-state index is 13.0. The number of nitrogens with zero attached hydrogens (tertiary/aromatic N) is 2. The lowest BCUT2D eigenvalue weighted by molar-refractivity contribution is -0.137. The Bertz CT molecular complexity index is 545. The molecule has 0 N–H and O–H groups in total. The molecule has 1 heterocycles. The summed E-state index contributed by atoms with van der Waals surface area (Å²) in [4.78, 5) is 41.4. The van der Waals surface area contributed by atoms with E-state index in [1.54, 1.807) is 0 Å². The van der Waals surface area contributed by atoms with E-state index in [2.05, 4.69) is 6.92 Å². The number of barbiturate groups is 1. The van der Waals surface area contributed by atoms with Gasteiger partial charge in [0.25, 0.3) is 11.8 Å². The van der Waals surface area contributed by atoms with E-state index < -0.39 is 6.03 Å². The Kier molecular flexibility index (Phi) is 7.21. The Morgan fingerprint density at radius 3 is 2.16 bits per heavy atom. The molecule has 0 bridgehead atoms. The summed E-state index contributed by atoms with van der Waals surface area (Å²) in [5.41, 5.74) is 1.24. The van der Waals surface area contributed by atoms with E-state index in [1.165, 1.54) is 9.80 Å². The first-order chi connectivity index (χ1) is 12.0. The molecule has 1 unspecified atom stereocenters. The molecule has 0 aromatic carbocycles. The van der Waals surface area contributed by atoms with Crippen LogP contribution in [0.15, 0.2) is 11.1 Å². The average molecular weight is 348 g/mol. The minimum Gasteiger partial charge on any atom is -0.268 e. The van der Waals surface area contributed by atoms with E-state index in [-0.39, 0.29) is 23.4 Å². The summed E-state index contributed by atoms with van der Waals surface area (Å²) in [5.74, 6) is -0.721. The number of carbonyl (C=O) groups excluding carboxylic acids is 3. The van der Waals surface area contributed by atoms with Crippen LogP contribution in [0, 0.1) is 0 Å². The molecule has 1 saturated heterocycles. The first-order valence-electron chi connectivity index (χ1n) is 9.94. The summed E-state index contributed by atoms with van der Waals surface area (Å²) in [6.07, 6.45) is 9.31. The van der Waals surface area contributed by atoms with Crippen molar-refractivity contribution in [2.24, 2.45) is 0 Å². The summed E-state index contributed by atoms with van der Waals surface area (Å²) in [7, 11) is 0. The summed E-state index contributed by atoms with van der Waals surface area (Å²) in [6.45, 7) is 6.49. The summed E-state index contributed by atoms with van der Waals surface area (Å²) < 4.78 is 0. The molecule has 0 aromatic heterocycles. The molecule has 1 saturated carbocycles. The highest BCUT2D eigenvalue weighted by molar-refractivity contribution is 6.29. The van der Waals surface area contributed by atoms with Crippen LogP contribution in [-0.4, -0.2) is 40.2 Å². The minimum absolute atomic E-state index is 0.166. The van der Waals surface area contributed by atoms with Gasteiger partial charge in [0.15, 0.2) is 0 Å². The molecule has 0 aromatic rings. The average Bonchev–Trinajstić information content (AvgIpc) is 3.09. The second kappa shape index (κ2) is 9.16. The molecule has 25 heavy (non-hydrogen) atoms. The number of imide groups is 2. The highest BCUT2D eigenvalue weighted by Gasteiger charge is 2.44. The van der Waals surface area contributed by atoms with E-state index in [0.29, 0.717) is 6.54 Å². The lowest BCUT2D eigenvalue weighted by atomic mass is 9.99. The molecule has 5 nitrogen and oxygen atoms in total. The van der Waals surface area contributed by atoms with Crippen molar-refractivity contribution in [1.82, 2.24) is 9.80 Å². The Labute approximate surface area is 151 Å². The zero-order valence-corrected chi connectivity index (χ0v) is 16.0. The monoisotopic (exact) mass is 348 g/mol. The van der Waals surface area contributed by atoms with Gasteiger partial charge >= 0.3 is 6.03 Å². The molecular formula is C20H32N2O3. The van der Waals surface area contributed by atoms with Crippen LogP contribution in [0.25, 0.3) is 0 Å². The maximum atomic E-state index is 13.0. The number of carbonyl (C=O) groups is 3. The van der Waals surface area contributed by atoms with Gasteiger partial charge in [0.2, 0.25) is 0 Å². The standard InChI is InChI=1S/C20H32N2O3/c1-4-6-8-11-15(3)22-19(24)17(16-12-9-10-13-16)18(23)21(20(22)25)14-7-5-2/h15H,4-14H2,1-3H3. The molecule has 1 atom stereocenters. The fraction of sp³-hybridized carbons (Fsp3) is 0.750. The van der Waals surface area contributed by atoms with Crippen LogP contribution in [-0.2, 0) is 9.59 Å². The van der Waals surface area contributed by atoms with Crippen molar-refractivity contribution in [3.05, 3.63) is 11.1 Å². The third kappa shape index (κ3) is 4.31. The third-order valence-corrected chi connectivity index (χ3v) is 5.29. The van der Waals surface area contributed by atoms with Gasteiger partial charge in [0.05, 0.1) is 0 Å². The summed E-state index contributed by atoms with van der Waals surface area (Å²) >= 11 is 0. The van der Waals surface area contributed by atoms with E-state index in [1.807, 2.05) is 13.8 Å². The third-order valence-electron chi connectivity index (χ3n) is 5.29. The van der Waals surface area contributed by atoms with Crippen molar-refractivity contribution in [2.75, 3.05) is 6.54 Å². The highest BCUT2D eigenvalue weighted by atomic mass is 16.2. The maximum Gasteiger partial charge on any atom is 0.334 e. The zero-order valence-electron chi connectivity index (χ0n) is 16.0. The van der Waals surface area contributed by atoms with Gasteiger partial charge < -0.3 is 0 Å². The first kappa shape index (κ1) is 19.7. The molecule has 0 radical (unpaired) electrons. The van der Waals surface area contributed by atoms with Crippen LogP contribution in [0.3, 0.4) is 0 Å². The normalized spacial score (nSPS) is 20.0. The zero-order chi connectivity index (χ0) is 18.4. The number of amides is 4. The number of unbranched alkanes of at least 4 members (excludes halogenated alkanes) is 3. The van der Waals surface area contributed by atoms with Crippen LogP contribution < -0.4 is 0 Å². The second-order valence-electron chi connectivity index (χ2n) is 7.30. The Hall–Kier alpha value is -1.65. The smallest absolute Gasteiger partial charge is 0.268 e. The SMILES string of the molecule is CCCCCC(C)N1C(=O)C(=C2CCCC2)C(=O)N(CCCC)C1=O. The molecule has 0 spiro atoms. The van der Waals surface area contributed by atoms with E-state index >= 15 is 0 Å². The molecule has 2 rings (SSSR count). The van der Waals surface area contributed by atoms with Crippen LogP contribution in [0.1, 0.15) is 85.0 Å². The molecule has 1 aliphatic carbocycles. The van der Waals surface area contributed by atoms with Crippen LogP contribution in [0.4, 0.5) is 4.79 Å². The fourth-order valence-electron chi connectivity index (χ4n) is 3.73. The molecule has 4 amide bonds. The molecule has 5 heteroatoms. The van der Waals surface area contributed by atoms with Crippen molar-refractivity contribution in [2.45, 2.75) is 91.0 Å². The van der Waals surface area contributed by atoms with Gasteiger partial charge in [0, 0.05) is 12.6 Å². The Morgan fingerprint density at radius 2 is 1.56 bits per heavy atom. The van der Waals surface area contributed by atoms with Crippen molar-refractivity contribution >= 4 is 17.8 Å². The lowest BCUT2D eigenvalue weighted by Gasteiger charge is -2.38. The van der Waals surface area contributed by atoms with Gasteiger partial charge in [-0.3, -0.25) is 19.4 Å². The van der Waals surface area contributed by atoms with Crippen molar-refractivity contribution in [3.8, 4) is 0 Å². The number of allylic oxidation sites excluding steroid dienone is 1. The molecule has 2 aliphatic rings. The largest absolute Gasteiger partial charge is 0.334 e. The van der Waals surface area contributed by atoms with Crippen molar-refractivity contribution < 1.29 is 14.4 Å². The number of hydrogen-bond acceptors (Lipinski definition) is 3. The summed E-state index contributed by atoms with van der Waals surface area (Å²) in [5, 5.41) is 0. The van der Waals surface area contributed by atoms with Crippen molar-refractivity contribution in [1.29, 1.82) is 0 Å². The second-order valence-corrected chi connectivity index (χ2v) is 7.30. The van der Waals surface area contributed by atoms with Gasteiger partial charge in [-0.2, -0.15) is 0 Å². The molecule has 140 valence electrons. The fourth-order valence-corrected chi connectivity index (χ4v) is 3.73. The van der Waals surface area contributed by atoms with E-state index in [0.717, 1.165) is 69.8 Å². The van der Waals surface area contributed by atoms with E-state index in [9.17, 15) is 14.4 Å². The van der Waals surface area contributed by atoms with Crippen LogP contribution in [0.2, 0.25) is 0 Å². The predicted octanol–water partition coefficient (Wildman–Crippen LogP) is 4.42. The van der Waals surface area contributed by atoms with Crippen LogP contribution in [0.5, 0.6) is 0 Å². The first-order valence-corrected chi connectivity index (χ1v) is 9.94. The topological polar surface area (TPSA) is 57.7 Å². The number of urea groups is 1. The highest BCUT2D eigenvalue weighted by Crippen LogP contribution is 2.32. The van der Waals surface area contributed by atoms with Gasteiger partial charge in [-0.05, 0) is 45.4 Å². The van der Waals surface area contributed by atoms with Crippen LogP contribution >= 0.6 is 0 Å². The summed E-state index contributed by atoms with van der Waals surface area (Å²) in [6, 6.07) is -0.587. The minimum atomic E-state index is -0.421. The molecule has 1 aliphatic heterocycles.